The van der Waals surface area contributed by atoms with Gasteiger partial charge in [-0.25, -0.2) is 9.97 Å². The molecule has 0 saturated carbocycles. The molecule has 3 aromatic heterocycles. The van der Waals surface area contributed by atoms with E-state index in [2.05, 4.69) is 55.3 Å². The summed E-state index contributed by atoms with van der Waals surface area (Å²) >= 11 is 0. The normalized spacial score (nSPS) is 15.0. The highest BCUT2D eigenvalue weighted by Gasteiger charge is 2.20. The standard InChI is InChI=1S/C27H35N7O2.CH4O/c1-3-4-11-30-25-24-23(32-27(28)33-25)21-9-5-6-10-22(21)34(24)17-19-13-18(15-31-26(19)35-2)14-29-16-20-8-7-12-36-20;1-2/h5-6,9-10,13,15,20,29H,3-4,7-8,11-12,14,16-17H2,1-2H3,(H3,28,30,32,33);2H,1H3. The van der Waals surface area contributed by atoms with Crippen LogP contribution in [0.5, 0.6) is 5.88 Å². The van der Waals surface area contributed by atoms with Crippen LogP contribution in [0.15, 0.2) is 36.5 Å². The maximum absolute atomic E-state index is 7.00. The number of fused-ring (bicyclic) bond motifs is 3. The highest BCUT2D eigenvalue weighted by molar-refractivity contribution is 6.09. The van der Waals surface area contributed by atoms with E-state index in [0.29, 0.717) is 18.5 Å². The molecule has 0 bridgehead atoms. The molecule has 38 heavy (non-hydrogen) atoms. The molecule has 0 spiro atoms. The molecular formula is C28H39N7O3. The van der Waals surface area contributed by atoms with Crippen LogP contribution in [0.1, 0.15) is 43.7 Å². The maximum Gasteiger partial charge on any atom is 0.222 e. The number of nitrogen functional groups attached to an aromatic ring is 1. The Morgan fingerprint density at radius 1 is 1.24 bits per heavy atom. The average Bonchev–Trinajstić information content (AvgIpc) is 3.57. The van der Waals surface area contributed by atoms with E-state index in [1.807, 2.05) is 18.3 Å². The van der Waals surface area contributed by atoms with E-state index >= 15 is 0 Å². The fourth-order valence-corrected chi connectivity index (χ4v) is 4.91. The van der Waals surface area contributed by atoms with Crippen LogP contribution in [0.2, 0.25) is 0 Å². The highest BCUT2D eigenvalue weighted by Crippen LogP contribution is 2.33. The summed E-state index contributed by atoms with van der Waals surface area (Å²) in [5, 5.41) is 15.0. The number of hydrogen-bond acceptors (Lipinski definition) is 9. The Labute approximate surface area is 223 Å². The van der Waals surface area contributed by atoms with Gasteiger partial charge in [0.2, 0.25) is 11.8 Å². The van der Waals surface area contributed by atoms with Crippen molar-refractivity contribution in [2.45, 2.75) is 51.8 Å². The molecule has 1 saturated heterocycles. The van der Waals surface area contributed by atoms with E-state index in [-0.39, 0.29) is 5.95 Å². The minimum atomic E-state index is 0.267. The number of methoxy groups -OCH3 is 1. The van der Waals surface area contributed by atoms with Gasteiger partial charge in [0.15, 0.2) is 5.82 Å². The molecule has 1 fully saturated rings. The smallest absolute Gasteiger partial charge is 0.222 e. The summed E-state index contributed by atoms with van der Waals surface area (Å²) in [6.07, 6.45) is 6.58. The van der Waals surface area contributed by atoms with Crippen LogP contribution in [-0.2, 0) is 17.8 Å². The molecule has 1 aromatic carbocycles. The number of unbranched alkanes of at least 4 members (excludes halogenated alkanes) is 1. The van der Waals surface area contributed by atoms with Crippen molar-refractivity contribution < 1.29 is 14.6 Å². The molecule has 0 amide bonds. The number of nitrogens with zero attached hydrogens (tertiary/aromatic N) is 4. The van der Waals surface area contributed by atoms with Gasteiger partial charge in [-0.15, -0.1) is 0 Å². The first kappa shape index (κ1) is 27.6. The summed E-state index contributed by atoms with van der Waals surface area (Å²) in [5.41, 5.74) is 11.1. The van der Waals surface area contributed by atoms with Crippen LogP contribution in [0, 0.1) is 0 Å². The lowest BCUT2D eigenvalue weighted by Crippen LogP contribution is -2.25. The van der Waals surface area contributed by atoms with E-state index < -0.39 is 0 Å². The summed E-state index contributed by atoms with van der Waals surface area (Å²) in [7, 11) is 2.66. The maximum atomic E-state index is 7.00. The van der Waals surface area contributed by atoms with Gasteiger partial charge in [0, 0.05) is 50.5 Å². The zero-order valence-electron chi connectivity index (χ0n) is 22.5. The molecule has 1 unspecified atom stereocenters. The Balaban J connectivity index is 0.00000164. The zero-order valence-corrected chi connectivity index (χ0v) is 22.5. The largest absolute Gasteiger partial charge is 0.481 e. The summed E-state index contributed by atoms with van der Waals surface area (Å²) in [6.45, 7) is 5.99. The second-order valence-electron chi connectivity index (χ2n) is 9.29. The number of nitrogens with two attached hydrogens (primary N) is 1. The van der Waals surface area contributed by atoms with Gasteiger partial charge in [0.25, 0.3) is 0 Å². The Morgan fingerprint density at radius 3 is 2.84 bits per heavy atom. The third-order valence-corrected chi connectivity index (χ3v) is 6.67. The van der Waals surface area contributed by atoms with Gasteiger partial charge in [-0.2, -0.15) is 4.98 Å². The number of pyridine rings is 1. The third-order valence-electron chi connectivity index (χ3n) is 6.67. The molecule has 5 N–H and O–H groups in total. The van der Waals surface area contributed by atoms with Crippen molar-refractivity contribution in [3.63, 3.8) is 0 Å². The fourth-order valence-electron chi connectivity index (χ4n) is 4.91. The predicted molar refractivity (Wildman–Crippen MR) is 152 cm³/mol. The van der Waals surface area contributed by atoms with Crippen molar-refractivity contribution in [3.05, 3.63) is 47.7 Å². The molecule has 1 aliphatic heterocycles. The van der Waals surface area contributed by atoms with E-state index in [1.165, 1.54) is 0 Å². The molecular weight excluding hydrogens is 482 g/mol. The van der Waals surface area contributed by atoms with Crippen LogP contribution in [0.25, 0.3) is 21.9 Å². The van der Waals surface area contributed by atoms with Crippen LogP contribution in [-0.4, -0.2) is 64.6 Å². The number of aliphatic hydroxyl groups excluding tert-OH is 1. The SMILES string of the molecule is CCCCNc1nc(N)nc2c3ccccc3n(Cc3cc(CNCC4CCCO4)cnc3OC)c12.CO. The summed E-state index contributed by atoms with van der Waals surface area (Å²) in [5.74, 6) is 1.63. The Kier molecular flexibility index (Phi) is 9.69. The lowest BCUT2D eigenvalue weighted by atomic mass is 10.1. The van der Waals surface area contributed by atoms with Gasteiger partial charge in [-0.3, -0.25) is 0 Å². The lowest BCUT2D eigenvalue weighted by Gasteiger charge is -2.15. The Bertz CT molecular complexity index is 1340. The van der Waals surface area contributed by atoms with Gasteiger partial charge in [0.05, 0.1) is 25.3 Å². The number of benzene rings is 1. The molecule has 5 rings (SSSR count). The van der Waals surface area contributed by atoms with E-state index in [9.17, 15) is 0 Å². The number of para-hydroxylation sites is 1. The van der Waals surface area contributed by atoms with E-state index in [0.717, 1.165) is 97.9 Å². The first-order chi connectivity index (χ1) is 18.7. The number of rotatable bonds is 11. The molecule has 1 atom stereocenters. The molecule has 10 heteroatoms. The molecule has 204 valence electrons. The molecule has 4 aromatic rings. The predicted octanol–water partition coefficient (Wildman–Crippen LogP) is 3.71. The zero-order chi connectivity index (χ0) is 26.9. The van der Waals surface area contributed by atoms with Gasteiger partial charge in [0.1, 0.15) is 11.0 Å². The molecule has 4 heterocycles. The first-order valence-electron chi connectivity index (χ1n) is 13.2. The first-order valence-corrected chi connectivity index (χ1v) is 13.2. The summed E-state index contributed by atoms with van der Waals surface area (Å²) in [4.78, 5) is 13.8. The van der Waals surface area contributed by atoms with E-state index in [4.69, 9.17) is 20.3 Å². The van der Waals surface area contributed by atoms with Crippen molar-refractivity contribution in [1.82, 2.24) is 24.8 Å². The van der Waals surface area contributed by atoms with Crippen LogP contribution in [0.3, 0.4) is 0 Å². The Hall–Kier alpha value is -3.47. The van der Waals surface area contributed by atoms with Crippen molar-refractivity contribution in [3.8, 4) is 5.88 Å². The number of aliphatic hydroxyl groups is 1. The van der Waals surface area contributed by atoms with Crippen molar-refractivity contribution in [2.24, 2.45) is 0 Å². The number of aromatic nitrogens is 4. The van der Waals surface area contributed by atoms with Gasteiger partial charge in [-0.05, 0) is 37.0 Å². The second kappa shape index (κ2) is 13.4. The highest BCUT2D eigenvalue weighted by atomic mass is 16.5. The van der Waals surface area contributed by atoms with Crippen molar-refractivity contribution in [2.75, 3.05) is 45.0 Å². The molecule has 1 aliphatic rings. The topological polar surface area (TPSA) is 132 Å². The quantitative estimate of drug-likeness (QED) is 0.218. The number of hydrogen-bond donors (Lipinski definition) is 4. The number of ether oxygens (including phenoxy) is 2. The molecule has 0 aliphatic carbocycles. The fraction of sp³-hybridized carbons (Fsp3) is 0.464. The number of nitrogens with one attached hydrogen (secondary N) is 2. The van der Waals surface area contributed by atoms with Gasteiger partial charge in [-0.1, -0.05) is 31.5 Å². The number of anilines is 2. The van der Waals surface area contributed by atoms with Crippen LogP contribution < -0.4 is 21.1 Å². The summed E-state index contributed by atoms with van der Waals surface area (Å²) in [6, 6.07) is 10.4. The van der Waals surface area contributed by atoms with Crippen LogP contribution in [0.4, 0.5) is 11.8 Å². The van der Waals surface area contributed by atoms with E-state index in [1.54, 1.807) is 7.11 Å². The molecule has 0 radical (unpaired) electrons. The molecule has 10 nitrogen and oxygen atoms in total. The second-order valence-corrected chi connectivity index (χ2v) is 9.29. The van der Waals surface area contributed by atoms with Crippen molar-refractivity contribution in [1.29, 1.82) is 0 Å². The average molecular weight is 522 g/mol. The lowest BCUT2D eigenvalue weighted by molar-refractivity contribution is 0.110. The minimum Gasteiger partial charge on any atom is -0.481 e. The minimum absolute atomic E-state index is 0.267. The monoisotopic (exact) mass is 521 g/mol. The van der Waals surface area contributed by atoms with Gasteiger partial charge < -0.3 is 35.5 Å². The summed E-state index contributed by atoms with van der Waals surface area (Å²) < 4.78 is 13.6. The van der Waals surface area contributed by atoms with Gasteiger partial charge >= 0.3 is 0 Å². The van der Waals surface area contributed by atoms with Crippen molar-refractivity contribution >= 4 is 33.7 Å². The Morgan fingerprint density at radius 2 is 2.08 bits per heavy atom. The van der Waals surface area contributed by atoms with Crippen LogP contribution >= 0.6 is 0 Å². The third kappa shape index (κ3) is 6.15.